The first-order chi connectivity index (χ1) is 7.25. The number of rotatable bonds is 3. The summed E-state index contributed by atoms with van der Waals surface area (Å²) in [5.74, 6) is 0.835. The number of aromatic nitrogens is 2. The molecule has 1 fully saturated rings. The zero-order valence-electron chi connectivity index (χ0n) is 9.74. The molecule has 0 unspecified atom stereocenters. The van der Waals surface area contributed by atoms with Crippen LogP contribution in [0.1, 0.15) is 38.4 Å². The average molecular weight is 207 g/mol. The second-order valence-electron chi connectivity index (χ2n) is 4.78. The van der Waals surface area contributed by atoms with Crippen molar-refractivity contribution in [3.05, 3.63) is 18.0 Å². The van der Waals surface area contributed by atoms with Gasteiger partial charge >= 0.3 is 0 Å². The Labute approximate surface area is 91.9 Å². The van der Waals surface area contributed by atoms with E-state index < -0.39 is 0 Å². The van der Waals surface area contributed by atoms with Crippen molar-refractivity contribution in [2.45, 2.75) is 39.2 Å². The molecule has 1 aliphatic heterocycles. The minimum absolute atomic E-state index is 0.478. The van der Waals surface area contributed by atoms with Crippen LogP contribution in [0.25, 0.3) is 0 Å². The smallest absolute Gasteiger partial charge is 0.0627 e. The largest absolute Gasteiger partial charge is 0.317 e. The molecule has 0 amide bonds. The van der Waals surface area contributed by atoms with Gasteiger partial charge in [0.05, 0.1) is 5.69 Å². The number of nitrogens with one attached hydrogen (secondary N) is 1. The van der Waals surface area contributed by atoms with Gasteiger partial charge in [-0.25, -0.2) is 0 Å². The molecule has 1 saturated heterocycles. The lowest BCUT2D eigenvalue weighted by molar-refractivity contribution is 0.368. The van der Waals surface area contributed by atoms with Gasteiger partial charge in [0.1, 0.15) is 0 Å². The monoisotopic (exact) mass is 207 g/mol. The molecule has 1 N–H and O–H groups in total. The molecule has 84 valence electrons. The quantitative estimate of drug-likeness (QED) is 0.821. The predicted molar refractivity (Wildman–Crippen MR) is 61.9 cm³/mol. The summed E-state index contributed by atoms with van der Waals surface area (Å²) < 4.78 is 2.05. The Balaban J connectivity index is 1.91. The van der Waals surface area contributed by atoms with Gasteiger partial charge in [-0.05, 0) is 58.2 Å². The van der Waals surface area contributed by atoms with E-state index in [4.69, 9.17) is 0 Å². The molecule has 1 aromatic heterocycles. The predicted octanol–water partition coefficient (Wildman–Crippen LogP) is 2.01. The second-order valence-corrected chi connectivity index (χ2v) is 4.78. The topological polar surface area (TPSA) is 29.9 Å². The van der Waals surface area contributed by atoms with Crippen LogP contribution < -0.4 is 5.32 Å². The minimum atomic E-state index is 0.478. The fourth-order valence-electron chi connectivity index (χ4n) is 2.16. The number of hydrogen-bond donors (Lipinski definition) is 1. The van der Waals surface area contributed by atoms with Crippen LogP contribution in [0.4, 0.5) is 0 Å². The number of hydrogen-bond acceptors (Lipinski definition) is 2. The molecule has 0 spiro atoms. The normalized spacial score (nSPS) is 18.6. The van der Waals surface area contributed by atoms with Crippen LogP contribution in [0, 0.1) is 5.92 Å². The van der Waals surface area contributed by atoms with Crippen LogP contribution in [0.2, 0.25) is 0 Å². The first-order valence-electron chi connectivity index (χ1n) is 6.00. The van der Waals surface area contributed by atoms with Crippen molar-refractivity contribution in [3.63, 3.8) is 0 Å². The van der Waals surface area contributed by atoms with Crippen LogP contribution in [0.3, 0.4) is 0 Å². The molecule has 0 bridgehead atoms. The molecule has 0 atom stereocenters. The van der Waals surface area contributed by atoms with Gasteiger partial charge in [-0.1, -0.05) is 0 Å². The fraction of sp³-hybridized carbons (Fsp3) is 0.750. The van der Waals surface area contributed by atoms with Gasteiger partial charge in [0.25, 0.3) is 0 Å². The van der Waals surface area contributed by atoms with E-state index in [1.165, 1.54) is 31.6 Å². The zero-order chi connectivity index (χ0) is 10.7. The molecule has 0 saturated carbocycles. The van der Waals surface area contributed by atoms with Crippen molar-refractivity contribution in [1.82, 2.24) is 15.1 Å². The van der Waals surface area contributed by atoms with Crippen LogP contribution in [-0.4, -0.2) is 22.9 Å². The van der Waals surface area contributed by atoms with E-state index in [0.29, 0.717) is 6.04 Å². The molecule has 0 aliphatic carbocycles. The summed E-state index contributed by atoms with van der Waals surface area (Å²) >= 11 is 0. The lowest BCUT2D eigenvalue weighted by Gasteiger charge is -2.21. The molecule has 3 heteroatoms. The Morgan fingerprint density at radius 1 is 1.47 bits per heavy atom. The van der Waals surface area contributed by atoms with E-state index in [0.717, 1.165) is 12.3 Å². The molecular formula is C12H21N3. The summed E-state index contributed by atoms with van der Waals surface area (Å²) in [6.07, 6.45) is 5.85. The van der Waals surface area contributed by atoms with E-state index in [-0.39, 0.29) is 0 Å². The lowest BCUT2D eigenvalue weighted by atomic mass is 9.93. The lowest BCUT2D eigenvalue weighted by Crippen LogP contribution is -2.28. The third-order valence-electron chi connectivity index (χ3n) is 3.15. The Morgan fingerprint density at radius 3 is 2.80 bits per heavy atom. The Kier molecular flexibility index (Phi) is 3.41. The molecule has 0 radical (unpaired) electrons. The average Bonchev–Trinajstić information content (AvgIpc) is 2.68. The molecule has 3 nitrogen and oxygen atoms in total. The maximum atomic E-state index is 4.60. The highest BCUT2D eigenvalue weighted by molar-refractivity contribution is 5.01. The molecule has 1 aliphatic rings. The number of piperidine rings is 1. The van der Waals surface area contributed by atoms with Crippen LogP contribution in [0.15, 0.2) is 12.3 Å². The third kappa shape index (κ3) is 2.81. The standard InChI is InChI=1S/C12H21N3/c1-10(2)15-8-5-12(14-15)9-11-3-6-13-7-4-11/h5,8,10-11,13H,3-4,6-7,9H2,1-2H3. The molecule has 2 rings (SSSR count). The Morgan fingerprint density at radius 2 is 2.20 bits per heavy atom. The number of nitrogens with zero attached hydrogens (tertiary/aromatic N) is 2. The first-order valence-corrected chi connectivity index (χ1v) is 6.00. The van der Waals surface area contributed by atoms with Crippen molar-refractivity contribution >= 4 is 0 Å². The SMILES string of the molecule is CC(C)n1ccc(CC2CCNCC2)n1. The summed E-state index contributed by atoms with van der Waals surface area (Å²) in [5, 5.41) is 8.00. The third-order valence-corrected chi connectivity index (χ3v) is 3.15. The van der Waals surface area contributed by atoms with Gasteiger partial charge < -0.3 is 5.32 Å². The van der Waals surface area contributed by atoms with E-state index in [2.05, 4.69) is 41.2 Å². The van der Waals surface area contributed by atoms with Gasteiger partial charge in [0.15, 0.2) is 0 Å². The summed E-state index contributed by atoms with van der Waals surface area (Å²) in [4.78, 5) is 0. The van der Waals surface area contributed by atoms with Gasteiger partial charge in [0, 0.05) is 12.2 Å². The fourth-order valence-corrected chi connectivity index (χ4v) is 2.16. The molecule has 15 heavy (non-hydrogen) atoms. The van der Waals surface area contributed by atoms with E-state index in [1.807, 2.05) is 0 Å². The van der Waals surface area contributed by atoms with E-state index in [1.54, 1.807) is 0 Å². The highest BCUT2D eigenvalue weighted by Crippen LogP contribution is 2.17. The maximum Gasteiger partial charge on any atom is 0.0627 e. The molecule has 2 heterocycles. The van der Waals surface area contributed by atoms with Crippen LogP contribution in [0.5, 0.6) is 0 Å². The van der Waals surface area contributed by atoms with Gasteiger partial charge in [0.2, 0.25) is 0 Å². The molecular weight excluding hydrogens is 186 g/mol. The van der Waals surface area contributed by atoms with Crippen molar-refractivity contribution in [1.29, 1.82) is 0 Å². The first kappa shape index (κ1) is 10.7. The van der Waals surface area contributed by atoms with Crippen molar-refractivity contribution in [2.24, 2.45) is 5.92 Å². The van der Waals surface area contributed by atoms with Crippen molar-refractivity contribution in [3.8, 4) is 0 Å². The summed E-state index contributed by atoms with van der Waals surface area (Å²) in [6, 6.07) is 2.65. The maximum absolute atomic E-state index is 4.60. The van der Waals surface area contributed by atoms with E-state index >= 15 is 0 Å². The van der Waals surface area contributed by atoms with Crippen molar-refractivity contribution in [2.75, 3.05) is 13.1 Å². The Bertz CT molecular complexity index is 298. The van der Waals surface area contributed by atoms with E-state index in [9.17, 15) is 0 Å². The molecule has 1 aromatic rings. The Hall–Kier alpha value is -0.830. The second kappa shape index (κ2) is 4.79. The zero-order valence-corrected chi connectivity index (χ0v) is 9.74. The summed E-state index contributed by atoms with van der Waals surface area (Å²) in [7, 11) is 0. The van der Waals surface area contributed by atoms with Crippen molar-refractivity contribution < 1.29 is 0 Å². The van der Waals surface area contributed by atoms with Crippen LogP contribution >= 0.6 is 0 Å². The van der Waals surface area contributed by atoms with Gasteiger partial charge in [-0.15, -0.1) is 0 Å². The van der Waals surface area contributed by atoms with Gasteiger partial charge in [-0.3, -0.25) is 4.68 Å². The summed E-state index contributed by atoms with van der Waals surface area (Å²) in [6.45, 7) is 6.69. The highest BCUT2D eigenvalue weighted by atomic mass is 15.3. The van der Waals surface area contributed by atoms with Crippen LogP contribution in [-0.2, 0) is 6.42 Å². The highest BCUT2D eigenvalue weighted by Gasteiger charge is 2.14. The molecule has 0 aromatic carbocycles. The minimum Gasteiger partial charge on any atom is -0.317 e. The summed E-state index contributed by atoms with van der Waals surface area (Å²) in [5.41, 5.74) is 1.26. The van der Waals surface area contributed by atoms with Gasteiger partial charge in [-0.2, -0.15) is 5.10 Å².